The van der Waals surface area contributed by atoms with Gasteiger partial charge in [-0.3, -0.25) is 0 Å². The van der Waals surface area contributed by atoms with Gasteiger partial charge >= 0.3 is 0 Å². The summed E-state index contributed by atoms with van der Waals surface area (Å²) in [6, 6.07) is 10.8. The fourth-order valence-corrected chi connectivity index (χ4v) is 4.22. The van der Waals surface area contributed by atoms with E-state index in [9.17, 15) is 0 Å². The Morgan fingerprint density at radius 3 is 2.50 bits per heavy atom. The van der Waals surface area contributed by atoms with Crippen LogP contribution < -0.4 is 0 Å². The summed E-state index contributed by atoms with van der Waals surface area (Å²) in [5.41, 5.74) is 1.56. The van der Waals surface area contributed by atoms with Crippen molar-refractivity contribution in [2.45, 2.75) is 37.0 Å². The van der Waals surface area contributed by atoms with Gasteiger partial charge in [0, 0.05) is 16.5 Å². The van der Waals surface area contributed by atoms with Crippen LogP contribution in [0.2, 0.25) is 0 Å². The highest BCUT2D eigenvalue weighted by molar-refractivity contribution is 7.12. The van der Waals surface area contributed by atoms with Gasteiger partial charge in [0.1, 0.15) is 5.01 Å². The minimum atomic E-state index is 0.149. The highest BCUT2D eigenvalue weighted by Gasteiger charge is 2.39. The van der Waals surface area contributed by atoms with Crippen molar-refractivity contribution in [1.29, 1.82) is 0 Å². The largest absolute Gasteiger partial charge is 0.248 e. The summed E-state index contributed by atoms with van der Waals surface area (Å²) in [4.78, 5) is 5.83. The van der Waals surface area contributed by atoms with Crippen LogP contribution in [-0.2, 0) is 11.3 Å². The van der Waals surface area contributed by atoms with Gasteiger partial charge in [-0.15, -0.1) is 22.9 Å². The standard InChI is InChI=1S/C15H16ClNS/c16-10-13-11-17-14(18-13)15(8-4-5-9-15)12-6-2-1-3-7-12/h1-3,6-7,11H,4-5,8-10H2. The molecule has 0 amide bonds. The molecular weight excluding hydrogens is 262 g/mol. The number of aromatic nitrogens is 1. The molecular formula is C15H16ClNS. The maximum absolute atomic E-state index is 5.91. The van der Waals surface area contributed by atoms with Crippen molar-refractivity contribution in [1.82, 2.24) is 4.98 Å². The van der Waals surface area contributed by atoms with E-state index in [1.54, 1.807) is 11.3 Å². The van der Waals surface area contributed by atoms with Crippen molar-refractivity contribution in [3.8, 4) is 0 Å². The topological polar surface area (TPSA) is 12.9 Å². The fraction of sp³-hybridized carbons (Fsp3) is 0.400. The molecule has 1 aliphatic rings. The zero-order valence-electron chi connectivity index (χ0n) is 10.2. The first-order chi connectivity index (χ1) is 8.85. The van der Waals surface area contributed by atoms with Crippen LogP contribution in [0.25, 0.3) is 0 Å². The van der Waals surface area contributed by atoms with Gasteiger partial charge in [-0.1, -0.05) is 43.2 Å². The number of halogens is 1. The molecule has 1 aromatic heterocycles. The summed E-state index contributed by atoms with van der Waals surface area (Å²) in [5.74, 6) is 0.572. The van der Waals surface area contributed by atoms with Crippen LogP contribution in [0.1, 0.15) is 41.1 Å². The first-order valence-electron chi connectivity index (χ1n) is 6.42. The Bertz CT molecular complexity index is 514. The third-order valence-electron chi connectivity index (χ3n) is 3.88. The zero-order valence-corrected chi connectivity index (χ0v) is 11.8. The van der Waals surface area contributed by atoms with Crippen molar-refractivity contribution < 1.29 is 0 Å². The lowest BCUT2D eigenvalue weighted by atomic mass is 9.79. The van der Waals surface area contributed by atoms with Crippen LogP contribution in [0.15, 0.2) is 36.5 Å². The van der Waals surface area contributed by atoms with Gasteiger partial charge in [-0.05, 0) is 18.4 Å². The highest BCUT2D eigenvalue weighted by atomic mass is 35.5. The van der Waals surface area contributed by atoms with Gasteiger partial charge in [-0.2, -0.15) is 0 Å². The van der Waals surface area contributed by atoms with Crippen LogP contribution in [0.5, 0.6) is 0 Å². The quantitative estimate of drug-likeness (QED) is 0.738. The van der Waals surface area contributed by atoms with Crippen LogP contribution in [0.3, 0.4) is 0 Å². The molecule has 3 rings (SSSR count). The first kappa shape index (κ1) is 12.2. The molecule has 0 aliphatic heterocycles. The monoisotopic (exact) mass is 277 g/mol. The third-order valence-corrected chi connectivity index (χ3v) is 5.53. The molecule has 0 radical (unpaired) electrons. The first-order valence-corrected chi connectivity index (χ1v) is 7.77. The molecule has 94 valence electrons. The van der Waals surface area contributed by atoms with Crippen molar-refractivity contribution >= 4 is 22.9 Å². The molecule has 1 aliphatic carbocycles. The van der Waals surface area contributed by atoms with E-state index >= 15 is 0 Å². The van der Waals surface area contributed by atoms with Gasteiger partial charge in [0.15, 0.2) is 0 Å². The molecule has 1 fully saturated rings. The SMILES string of the molecule is ClCc1cnc(C2(c3ccccc3)CCCC2)s1. The van der Waals surface area contributed by atoms with Crippen molar-refractivity contribution in [3.63, 3.8) is 0 Å². The van der Waals surface area contributed by atoms with E-state index in [4.69, 9.17) is 11.6 Å². The van der Waals surface area contributed by atoms with Crippen LogP contribution in [0, 0.1) is 0 Å². The van der Waals surface area contributed by atoms with E-state index in [2.05, 4.69) is 35.3 Å². The molecule has 1 aromatic carbocycles. The van der Waals surface area contributed by atoms with E-state index in [-0.39, 0.29) is 5.41 Å². The van der Waals surface area contributed by atoms with Crippen LogP contribution >= 0.6 is 22.9 Å². The van der Waals surface area contributed by atoms with Gasteiger partial charge in [0.2, 0.25) is 0 Å². The minimum Gasteiger partial charge on any atom is -0.248 e. The third kappa shape index (κ3) is 1.98. The zero-order chi connectivity index (χ0) is 12.4. The molecule has 18 heavy (non-hydrogen) atoms. The number of alkyl halides is 1. The Morgan fingerprint density at radius 1 is 1.17 bits per heavy atom. The Morgan fingerprint density at radius 2 is 1.89 bits per heavy atom. The van der Waals surface area contributed by atoms with E-state index in [0.29, 0.717) is 5.88 Å². The Kier molecular flexibility index (Phi) is 3.40. The van der Waals surface area contributed by atoms with Gasteiger partial charge in [0.25, 0.3) is 0 Å². The summed E-state index contributed by atoms with van der Waals surface area (Å²) < 4.78 is 0. The highest BCUT2D eigenvalue weighted by Crippen LogP contribution is 2.47. The van der Waals surface area contributed by atoms with Crippen molar-refractivity contribution in [3.05, 3.63) is 52.0 Å². The van der Waals surface area contributed by atoms with Gasteiger partial charge in [0.05, 0.1) is 5.88 Å². The fourth-order valence-electron chi connectivity index (χ4n) is 2.95. The number of nitrogens with zero attached hydrogens (tertiary/aromatic N) is 1. The summed E-state index contributed by atoms with van der Waals surface area (Å²) in [5, 5.41) is 1.25. The summed E-state index contributed by atoms with van der Waals surface area (Å²) in [6.45, 7) is 0. The maximum Gasteiger partial charge on any atom is 0.103 e. The number of hydrogen-bond donors (Lipinski definition) is 0. The molecule has 0 spiro atoms. The van der Waals surface area contributed by atoms with E-state index in [1.165, 1.54) is 41.1 Å². The smallest absolute Gasteiger partial charge is 0.103 e. The molecule has 2 aromatic rings. The lowest BCUT2D eigenvalue weighted by molar-refractivity contribution is 0.532. The lowest BCUT2D eigenvalue weighted by Crippen LogP contribution is -2.23. The Hall–Kier alpha value is -0.860. The predicted octanol–water partition coefficient (Wildman–Crippen LogP) is 4.74. The predicted molar refractivity (Wildman–Crippen MR) is 77.4 cm³/mol. The second-order valence-electron chi connectivity index (χ2n) is 4.92. The minimum absolute atomic E-state index is 0.149. The van der Waals surface area contributed by atoms with Crippen LogP contribution in [0.4, 0.5) is 0 Å². The summed E-state index contributed by atoms with van der Waals surface area (Å²) >= 11 is 7.69. The summed E-state index contributed by atoms with van der Waals surface area (Å²) in [7, 11) is 0. The molecule has 1 heterocycles. The molecule has 0 unspecified atom stereocenters. The molecule has 3 heteroatoms. The average Bonchev–Trinajstić information content (AvgIpc) is 3.09. The molecule has 0 N–H and O–H groups in total. The summed E-state index contributed by atoms with van der Waals surface area (Å²) in [6.07, 6.45) is 6.96. The van der Waals surface area contributed by atoms with Crippen LogP contribution in [-0.4, -0.2) is 4.98 Å². The maximum atomic E-state index is 5.91. The number of rotatable bonds is 3. The molecule has 0 atom stereocenters. The number of benzene rings is 1. The normalized spacial score (nSPS) is 18.1. The van der Waals surface area contributed by atoms with Gasteiger partial charge in [-0.25, -0.2) is 4.98 Å². The number of hydrogen-bond acceptors (Lipinski definition) is 2. The average molecular weight is 278 g/mol. The van der Waals surface area contributed by atoms with Crippen molar-refractivity contribution in [2.24, 2.45) is 0 Å². The Balaban J connectivity index is 2.06. The number of thiazole rings is 1. The molecule has 1 nitrogen and oxygen atoms in total. The molecule has 0 saturated heterocycles. The van der Waals surface area contributed by atoms with E-state index in [1.807, 2.05) is 6.20 Å². The lowest BCUT2D eigenvalue weighted by Gasteiger charge is -2.27. The van der Waals surface area contributed by atoms with E-state index in [0.717, 1.165) is 0 Å². The Labute approximate surface area is 117 Å². The van der Waals surface area contributed by atoms with Gasteiger partial charge < -0.3 is 0 Å². The van der Waals surface area contributed by atoms with Crippen molar-refractivity contribution in [2.75, 3.05) is 0 Å². The van der Waals surface area contributed by atoms with E-state index < -0.39 is 0 Å². The molecule has 1 saturated carbocycles. The second kappa shape index (κ2) is 5.02. The molecule has 0 bridgehead atoms. The second-order valence-corrected chi connectivity index (χ2v) is 6.30.